The van der Waals surface area contributed by atoms with Crippen LogP contribution in [0.4, 0.5) is 0 Å². The van der Waals surface area contributed by atoms with Crippen molar-refractivity contribution in [3.05, 3.63) is 53.9 Å². The van der Waals surface area contributed by atoms with Gasteiger partial charge in [0.25, 0.3) is 0 Å². The Kier molecular flexibility index (Phi) is 3.77. The molecule has 2 rings (SSSR count). The second kappa shape index (κ2) is 5.50. The SMILES string of the molecule is CCNC(c1cccnc1)c1ccnc(C)n1. The second-order valence-corrected chi connectivity index (χ2v) is 3.81. The van der Waals surface area contributed by atoms with Crippen molar-refractivity contribution in [3.63, 3.8) is 0 Å². The Morgan fingerprint density at radius 2 is 2.18 bits per heavy atom. The summed E-state index contributed by atoms with van der Waals surface area (Å²) < 4.78 is 0. The number of nitrogens with one attached hydrogen (secondary N) is 1. The highest BCUT2D eigenvalue weighted by Gasteiger charge is 2.14. The lowest BCUT2D eigenvalue weighted by Crippen LogP contribution is -2.23. The fourth-order valence-corrected chi connectivity index (χ4v) is 1.78. The molecule has 0 aromatic carbocycles. The third-order valence-corrected chi connectivity index (χ3v) is 2.52. The number of hydrogen-bond acceptors (Lipinski definition) is 4. The third-order valence-electron chi connectivity index (χ3n) is 2.52. The van der Waals surface area contributed by atoms with E-state index in [0.717, 1.165) is 23.6 Å². The molecule has 0 saturated carbocycles. The number of rotatable bonds is 4. The monoisotopic (exact) mass is 228 g/mol. The summed E-state index contributed by atoms with van der Waals surface area (Å²) in [5.74, 6) is 0.786. The van der Waals surface area contributed by atoms with Crippen molar-refractivity contribution in [2.75, 3.05) is 6.54 Å². The smallest absolute Gasteiger partial charge is 0.125 e. The number of hydrogen-bond donors (Lipinski definition) is 1. The van der Waals surface area contributed by atoms with Crippen LogP contribution in [-0.4, -0.2) is 21.5 Å². The van der Waals surface area contributed by atoms with Gasteiger partial charge in [-0.15, -0.1) is 0 Å². The van der Waals surface area contributed by atoms with E-state index in [-0.39, 0.29) is 6.04 Å². The van der Waals surface area contributed by atoms with Gasteiger partial charge in [0.05, 0.1) is 11.7 Å². The van der Waals surface area contributed by atoms with Gasteiger partial charge in [-0.25, -0.2) is 9.97 Å². The zero-order valence-corrected chi connectivity index (χ0v) is 10.1. The van der Waals surface area contributed by atoms with E-state index in [1.807, 2.05) is 25.3 Å². The molecule has 1 N–H and O–H groups in total. The van der Waals surface area contributed by atoms with Crippen LogP contribution in [0.5, 0.6) is 0 Å². The maximum absolute atomic E-state index is 4.47. The molecule has 2 heterocycles. The van der Waals surface area contributed by atoms with Crippen LogP contribution in [0.15, 0.2) is 36.8 Å². The Balaban J connectivity index is 2.35. The standard InChI is InChI=1S/C13H16N4/c1-3-15-13(11-5-4-7-14-9-11)12-6-8-16-10(2)17-12/h4-9,13,15H,3H2,1-2H3. The quantitative estimate of drug-likeness (QED) is 0.868. The maximum atomic E-state index is 4.47. The van der Waals surface area contributed by atoms with E-state index in [1.165, 1.54) is 0 Å². The minimum atomic E-state index is 0.0791. The van der Waals surface area contributed by atoms with Crippen LogP contribution in [0.25, 0.3) is 0 Å². The fourth-order valence-electron chi connectivity index (χ4n) is 1.78. The van der Waals surface area contributed by atoms with Gasteiger partial charge >= 0.3 is 0 Å². The van der Waals surface area contributed by atoms with Gasteiger partial charge in [0.1, 0.15) is 5.82 Å². The first kappa shape index (κ1) is 11.7. The Labute approximate surface area is 101 Å². The molecule has 0 aliphatic carbocycles. The lowest BCUT2D eigenvalue weighted by molar-refractivity contribution is 0.609. The maximum Gasteiger partial charge on any atom is 0.125 e. The number of aryl methyl sites for hydroxylation is 1. The summed E-state index contributed by atoms with van der Waals surface area (Å²) in [6, 6.07) is 6.01. The van der Waals surface area contributed by atoms with Crippen molar-refractivity contribution in [1.82, 2.24) is 20.3 Å². The Morgan fingerprint density at radius 3 is 2.82 bits per heavy atom. The Hall–Kier alpha value is -1.81. The molecule has 0 spiro atoms. The Morgan fingerprint density at radius 1 is 1.29 bits per heavy atom. The molecule has 2 aromatic heterocycles. The van der Waals surface area contributed by atoms with Crippen LogP contribution in [0.2, 0.25) is 0 Å². The van der Waals surface area contributed by atoms with Crippen LogP contribution in [0.3, 0.4) is 0 Å². The first-order valence-electron chi connectivity index (χ1n) is 5.74. The molecule has 0 saturated heterocycles. The van der Waals surface area contributed by atoms with Crippen molar-refractivity contribution < 1.29 is 0 Å². The van der Waals surface area contributed by atoms with E-state index in [1.54, 1.807) is 12.4 Å². The topological polar surface area (TPSA) is 50.7 Å². The molecule has 4 nitrogen and oxygen atoms in total. The predicted octanol–water partition coefficient (Wildman–Crippen LogP) is 1.88. The number of aromatic nitrogens is 3. The highest BCUT2D eigenvalue weighted by atomic mass is 15.0. The van der Waals surface area contributed by atoms with Crippen molar-refractivity contribution in [3.8, 4) is 0 Å². The molecule has 1 atom stereocenters. The summed E-state index contributed by atoms with van der Waals surface area (Å²) in [6.07, 6.45) is 5.43. The first-order chi connectivity index (χ1) is 8.31. The molecule has 0 fully saturated rings. The molecule has 0 aliphatic heterocycles. The molecule has 4 heteroatoms. The zero-order valence-electron chi connectivity index (χ0n) is 10.1. The number of pyridine rings is 1. The van der Waals surface area contributed by atoms with Gasteiger partial charge < -0.3 is 5.32 Å². The van der Waals surface area contributed by atoms with E-state index in [2.05, 4.69) is 33.3 Å². The lowest BCUT2D eigenvalue weighted by Gasteiger charge is -2.17. The highest BCUT2D eigenvalue weighted by Crippen LogP contribution is 2.18. The normalized spacial score (nSPS) is 12.4. The van der Waals surface area contributed by atoms with E-state index >= 15 is 0 Å². The molecule has 0 bridgehead atoms. The zero-order chi connectivity index (χ0) is 12.1. The molecule has 0 amide bonds. The third kappa shape index (κ3) is 2.85. The van der Waals surface area contributed by atoms with Crippen molar-refractivity contribution >= 4 is 0 Å². The van der Waals surface area contributed by atoms with Gasteiger partial charge in [-0.2, -0.15) is 0 Å². The summed E-state index contributed by atoms with van der Waals surface area (Å²) in [6.45, 7) is 4.86. The van der Waals surface area contributed by atoms with Crippen LogP contribution in [0, 0.1) is 6.92 Å². The van der Waals surface area contributed by atoms with Gasteiger partial charge in [-0.3, -0.25) is 4.98 Å². The van der Waals surface area contributed by atoms with Crippen molar-refractivity contribution in [2.24, 2.45) is 0 Å². The van der Waals surface area contributed by atoms with Crippen LogP contribution >= 0.6 is 0 Å². The van der Waals surface area contributed by atoms with E-state index in [0.29, 0.717) is 0 Å². The number of nitrogens with zero attached hydrogens (tertiary/aromatic N) is 3. The van der Waals surface area contributed by atoms with E-state index < -0.39 is 0 Å². The average Bonchev–Trinajstić information content (AvgIpc) is 2.37. The fraction of sp³-hybridized carbons (Fsp3) is 0.308. The van der Waals surface area contributed by atoms with E-state index in [4.69, 9.17) is 0 Å². The van der Waals surface area contributed by atoms with Gasteiger partial charge in [-0.1, -0.05) is 13.0 Å². The summed E-state index contributed by atoms with van der Waals surface area (Å²) in [5.41, 5.74) is 2.10. The first-order valence-corrected chi connectivity index (χ1v) is 5.74. The lowest BCUT2D eigenvalue weighted by atomic mass is 10.1. The average molecular weight is 228 g/mol. The van der Waals surface area contributed by atoms with Gasteiger partial charge in [0.15, 0.2) is 0 Å². The second-order valence-electron chi connectivity index (χ2n) is 3.81. The minimum absolute atomic E-state index is 0.0791. The largest absolute Gasteiger partial charge is 0.305 e. The van der Waals surface area contributed by atoms with Gasteiger partial charge in [0, 0.05) is 18.6 Å². The molecular formula is C13H16N4. The molecular weight excluding hydrogens is 212 g/mol. The highest BCUT2D eigenvalue weighted by molar-refractivity contribution is 5.24. The summed E-state index contributed by atoms with van der Waals surface area (Å²) >= 11 is 0. The summed E-state index contributed by atoms with van der Waals surface area (Å²) in [4.78, 5) is 12.7. The molecule has 17 heavy (non-hydrogen) atoms. The Bertz CT molecular complexity index is 470. The van der Waals surface area contributed by atoms with E-state index in [9.17, 15) is 0 Å². The van der Waals surface area contributed by atoms with Crippen LogP contribution < -0.4 is 5.32 Å². The molecule has 88 valence electrons. The summed E-state index contributed by atoms with van der Waals surface area (Å²) in [7, 11) is 0. The molecule has 0 radical (unpaired) electrons. The molecule has 2 aromatic rings. The molecule has 0 aliphatic rings. The predicted molar refractivity (Wildman–Crippen MR) is 66.5 cm³/mol. The van der Waals surface area contributed by atoms with Gasteiger partial charge in [0.2, 0.25) is 0 Å². The molecule has 1 unspecified atom stereocenters. The van der Waals surface area contributed by atoms with Gasteiger partial charge in [-0.05, 0) is 31.2 Å². The van der Waals surface area contributed by atoms with Crippen LogP contribution in [0.1, 0.15) is 30.0 Å². The van der Waals surface area contributed by atoms with Crippen LogP contribution in [-0.2, 0) is 0 Å². The van der Waals surface area contributed by atoms with Crippen molar-refractivity contribution in [2.45, 2.75) is 19.9 Å². The minimum Gasteiger partial charge on any atom is -0.305 e. The summed E-state index contributed by atoms with van der Waals surface area (Å²) in [5, 5.41) is 3.41. The van der Waals surface area contributed by atoms with Crippen molar-refractivity contribution in [1.29, 1.82) is 0 Å².